The first-order valence-corrected chi connectivity index (χ1v) is 8.55. The number of ether oxygens (including phenoxy) is 1. The van der Waals surface area contributed by atoms with Gasteiger partial charge < -0.3 is 9.84 Å². The lowest BCUT2D eigenvalue weighted by molar-refractivity contribution is -0.137. The molecule has 0 aromatic carbocycles. The molecule has 0 heterocycles. The van der Waals surface area contributed by atoms with E-state index in [1.807, 2.05) is 0 Å². The SMILES string of the molecule is CCCCCCCCOC1CCC(CCC(=O)O)CC1. The Morgan fingerprint density at radius 3 is 2.35 bits per heavy atom. The summed E-state index contributed by atoms with van der Waals surface area (Å²) in [4.78, 5) is 10.6. The van der Waals surface area contributed by atoms with Crippen molar-refractivity contribution in [3.8, 4) is 0 Å². The van der Waals surface area contributed by atoms with E-state index in [0.717, 1.165) is 38.7 Å². The van der Waals surface area contributed by atoms with E-state index in [2.05, 4.69) is 6.92 Å². The second-order valence-corrected chi connectivity index (χ2v) is 6.21. The van der Waals surface area contributed by atoms with Crippen LogP contribution in [0.3, 0.4) is 0 Å². The standard InChI is InChI=1S/C17H32O3/c1-2-3-4-5-6-7-14-20-16-11-8-15(9-12-16)10-13-17(18)19/h15-16H,2-14H2,1H3,(H,18,19). The maximum Gasteiger partial charge on any atom is 0.303 e. The summed E-state index contributed by atoms with van der Waals surface area (Å²) in [5.41, 5.74) is 0. The van der Waals surface area contributed by atoms with Crippen LogP contribution in [0.5, 0.6) is 0 Å². The van der Waals surface area contributed by atoms with Crippen molar-refractivity contribution in [2.45, 2.75) is 90.1 Å². The Kier molecular flexibility index (Phi) is 9.73. The van der Waals surface area contributed by atoms with Crippen LogP contribution in [0.25, 0.3) is 0 Å². The third-order valence-corrected chi connectivity index (χ3v) is 4.41. The van der Waals surface area contributed by atoms with Gasteiger partial charge in [0.25, 0.3) is 0 Å². The Morgan fingerprint density at radius 1 is 1.05 bits per heavy atom. The van der Waals surface area contributed by atoms with Gasteiger partial charge >= 0.3 is 5.97 Å². The second-order valence-electron chi connectivity index (χ2n) is 6.21. The van der Waals surface area contributed by atoms with Crippen LogP contribution in [0.1, 0.15) is 84.0 Å². The molecule has 118 valence electrons. The molecular formula is C17H32O3. The Balaban J connectivity index is 1.93. The Bertz CT molecular complexity index is 245. The monoisotopic (exact) mass is 284 g/mol. The lowest BCUT2D eigenvalue weighted by Gasteiger charge is -2.28. The molecule has 0 spiro atoms. The predicted molar refractivity (Wildman–Crippen MR) is 81.9 cm³/mol. The molecule has 0 atom stereocenters. The fourth-order valence-corrected chi connectivity index (χ4v) is 3.05. The lowest BCUT2D eigenvalue weighted by atomic mass is 9.84. The Hall–Kier alpha value is -0.570. The summed E-state index contributed by atoms with van der Waals surface area (Å²) < 4.78 is 5.95. The molecular weight excluding hydrogens is 252 g/mol. The van der Waals surface area contributed by atoms with Crippen molar-refractivity contribution < 1.29 is 14.6 Å². The zero-order chi connectivity index (χ0) is 14.6. The van der Waals surface area contributed by atoms with E-state index >= 15 is 0 Å². The van der Waals surface area contributed by atoms with Crippen molar-refractivity contribution in [3.63, 3.8) is 0 Å². The van der Waals surface area contributed by atoms with Gasteiger partial charge in [0.2, 0.25) is 0 Å². The minimum absolute atomic E-state index is 0.327. The van der Waals surface area contributed by atoms with Crippen molar-refractivity contribution in [1.82, 2.24) is 0 Å². The van der Waals surface area contributed by atoms with E-state index in [9.17, 15) is 4.79 Å². The smallest absolute Gasteiger partial charge is 0.303 e. The predicted octanol–water partition coefficient (Wildman–Crippen LogP) is 4.79. The normalized spacial score (nSPS) is 22.9. The minimum Gasteiger partial charge on any atom is -0.481 e. The molecule has 1 aliphatic carbocycles. The molecule has 1 saturated carbocycles. The van der Waals surface area contributed by atoms with E-state index in [1.165, 1.54) is 38.5 Å². The molecule has 0 unspecified atom stereocenters. The number of hydrogen-bond acceptors (Lipinski definition) is 2. The molecule has 0 aliphatic heterocycles. The molecule has 1 aliphatic rings. The number of hydrogen-bond donors (Lipinski definition) is 1. The zero-order valence-corrected chi connectivity index (χ0v) is 13.1. The topological polar surface area (TPSA) is 46.5 Å². The van der Waals surface area contributed by atoms with Gasteiger partial charge in [-0.05, 0) is 44.4 Å². The second kappa shape index (κ2) is 11.1. The number of rotatable bonds is 11. The highest BCUT2D eigenvalue weighted by Gasteiger charge is 2.21. The Labute approximate surface area is 124 Å². The average molecular weight is 284 g/mol. The van der Waals surface area contributed by atoms with Crippen LogP contribution in [0.4, 0.5) is 0 Å². The molecule has 1 rings (SSSR count). The molecule has 0 radical (unpaired) electrons. The molecule has 0 saturated heterocycles. The first-order valence-electron chi connectivity index (χ1n) is 8.55. The van der Waals surface area contributed by atoms with E-state index < -0.39 is 5.97 Å². The first kappa shape index (κ1) is 17.5. The highest BCUT2D eigenvalue weighted by Crippen LogP contribution is 2.29. The van der Waals surface area contributed by atoms with Gasteiger partial charge in [0.15, 0.2) is 0 Å². The van der Waals surface area contributed by atoms with Gasteiger partial charge in [-0.25, -0.2) is 0 Å². The summed E-state index contributed by atoms with van der Waals surface area (Å²) in [5, 5.41) is 8.69. The third-order valence-electron chi connectivity index (χ3n) is 4.41. The fourth-order valence-electron chi connectivity index (χ4n) is 3.05. The molecule has 0 aromatic rings. The molecule has 0 amide bonds. The van der Waals surface area contributed by atoms with Crippen LogP contribution >= 0.6 is 0 Å². The summed E-state index contributed by atoms with van der Waals surface area (Å²) >= 11 is 0. The number of carboxylic acids is 1. The minimum atomic E-state index is -0.661. The number of carboxylic acid groups (broad SMARTS) is 1. The molecule has 1 fully saturated rings. The number of carbonyl (C=O) groups is 1. The van der Waals surface area contributed by atoms with E-state index in [-0.39, 0.29) is 0 Å². The van der Waals surface area contributed by atoms with E-state index in [4.69, 9.17) is 9.84 Å². The number of aliphatic carboxylic acids is 1. The fraction of sp³-hybridized carbons (Fsp3) is 0.941. The van der Waals surface area contributed by atoms with Crippen molar-refractivity contribution in [1.29, 1.82) is 0 Å². The van der Waals surface area contributed by atoms with Gasteiger partial charge in [-0.15, -0.1) is 0 Å². The number of unbranched alkanes of at least 4 members (excludes halogenated alkanes) is 5. The summed E-state index contributed by atoms with van der Waals surface area (Å²) in [6, 6.07) is 0. The Morgan fingerprint density at radius 2 is 1.70 bits per heavy atom. The van der Waals surface area contributed by atoms with Gasteiger partial charge in [0.1, 0.15) is 0 Å². The molecule has 0 aromatic heterocycles. The van der Waals surface area contributed by atoms with E-state index in [0.29, 0.717) is 18.4 Å². The molecule has 0 bridgehead atoms. The van der Waals surface area contributed by atoms with Crippen LogP contribution in [0, 0.1) is 5.92 Å². The van der Waals surface area contributed by atoms with Crippen molar-refractivity contribution >= 4 is 5.97 Å². The van der Waals surface area contributed by atoms with Crippen molar-refractivity contribution in [2.75, 3.05) is 6.61 Å². The van der Waals surface area contributed by atoms with Gasteiger partial charge in [-0.1, -0.05) is 39.0 Å². The highest BCUT2D eigenvalue weighted by molar-refractivity contribution is 5.66. The summed E-state index contributed by atoms with van der Waals surface area (Å²) in [6.07, 6.45) is 14.0. The quantitative estimate of drug-likeness (QED) is 0.555. The van der Waals surface area contributed by atoms with Crippen LogP contribution in [0.15, 0.2) is 0 Å². The van der Waals surface area contributed by atoms with Crippen molar-refractivity contribution in [3.05, 3.63) is 0 Å². The van der Waals surface area contributed by atoms with Gasteiger partial charge in [-0.2, -0.15) is 0 Å². The van der Waals surface area contributed by atoms with Gasteiger partial charge in [0, 0.05) is 13.0 Å². The van der Waals surface area contributed by atoms with Crippen LogP contribution in [-0.2, 0) is 9.53 Å². The zero-order valence-electron chi connectivity index (χ0n) is 13.1. The largest absolute Gasteiger partial charge is 0.481 e. The maximum atomic E-state index is 10.6. The van der Waals surface area contributed by atoms with Crippen LogP contribution in [-0.4, -0.2) is 23.8 Å². The van der Waals surface area contributed by atoms with Gasteiger partial charge in [-0.3, -0.25) is 4.79 Å². The molecule has 20 heavy (non-hydrogen) atoms. The summed E-state index contributed by atoms with van der Waals surface area (Å²) in [5.74, 6) is -0.0496. The molecule has 3 nitrogen and oxygen atoms in total. The summed E-state index contributed by atoms with van der Waals surface area (Å²) in [7, 11) is 0. The van der Waals surface area contributed by atoms with Crippen LogP contribution < -0.4 is 0 Å². The highest BCUT2D eigenvalue weighted by atomic mass is 16.5. The molecule has 3 heteroatoms. The molecule has 1 N–H and O–H groups in total. The average Bonchev–Trinajstić information content (AvgIpc) is 2.45. The van der Waals surface area contributed by atoms with E-state index in [1.54, 1.807) is 0 Å². The van der Waals surface area contributed by atoms with Crippen molar-refractivity contribution in [2.24, 2.45) is 5.92 Å². The first-order chi connectivity index (χ1) is 9.72. The summed E-state index contributed by atoms with van der Waals surface area (Å²) in [6.45, 7) is 3.16. The third kappa shape index (κ3) is 8.57. The van der Waals surface area contributed by atoms with Gasteiger partial charge in [0.05, 0.1) is 6.10 Å². The maximum absolute atomic E-state index is 10.6. The lowest BCUT2D eigenvalue weighted by Crippen LogP contribution is -2.22. The van der Waals surface area contributed by atoms with Crippen LogP contribution in [0.2, 0.25) is 0 Å².